The summed E-state index contributed by atoms with van der Waals surface area (Å²) in [7, 11) is 8.00. The predicted molar refractivity (Wildman–Crippen MR) is 222 cm³/mol. The molecule has 4 N–H and O–H groups in total. The van der Waals surface area contributed by atoms with Gasteiger partial charge in [-0.1, -0.05) is 85.2 Å². The van der Waals surface area contributed by atoms with E-state index in [1.807, 2.05) is 83.8 Å². The van der Waals surface area contributed by atoms with Gasteiger partial charge in [0.1, 0.15) is 12.1 Å². The van der Waals surface area contributed by atoms with Crippen LogP contribution in [0, 0.1) is 23.7 Å². The van der Waals surface area contributed by atoms with E-state index in [1.54, 1.807) is 30.9 Å². The van der Waals surface area contributed by atoms with Crippen LogP contribution in [0.2, 0.25) is 0 Å². The first-order chi connectivity index (χ1) is 27.0. The number of hydrogen-bond donors (Lipinski definition) is 3. The summed E-state index contributed by atoms with van der Waals surface area (Å²) in [6, 6.07) is 6.37. The highest BCUT2D eigenvalue weighted by Gasteiger charge is 2.43. The number of likely N-dealkylation sites (tertiary alicyclic amines) is 1. The molecule has 324 valence electrons. The van der Waals surface area contributed by atoms with E-state index in [9.17, 15) is 24.0 Å². The van der Waals surface area contributed by atoms with Crippen molar-refractivity contribution in [1.29, 1.82) is 0 Å². The Bertz CT molecular complexity index is 1410. The molecule has 1 aliphatic rings. The number of nitrogens with two attached hydrogens (primary N) is 1. The first kappa shape index (κ1) is 49.6. The molecule has 0 saturated carbocycles. The van der Waals surface area contributed by atoms with Crippen LogP contribution < -0.4 is 16.4 Å². The zero-order valence-electron chi connectivity index (χ0n) is 36.8. The lowest BCUT2D eigenvalue weighted by molar-refractivity contribution is -0.149. The number of esters is 1. The lowest BCUT2D eigenvalue weighted by atomic mass is 9.89. The number of methoxy groups -OCH3 is 3. The summed E-state index contributed by atoms with van der Waals surface area (Å²) in [5.74, 6) is -2.51. The van der Waals surface area contributed by atoms with Crippen LogP contribution in [-0.2, 0) is 44.6 Å². The molecule has 1 fully saturated rings. The van der Waals surface area contributed by atoms with E-state index in [0.29, 0.717) is 26.1 Å². The normalized spacial score (nSPS) is 18.7. The number of hydrogen-bond acceptors (Lipinski definition) is 10. The monoisotopic (exact) mass is 803 g/mol. The van der Waals surface area contributed by atoms with Crippen molar-refractivity contribution >= 4 is 29.6 Å². The van der Waals surface area contributed by atoms with E-state index < -0.39 is 54.3 Å². The SMILES string of the molecule is CC[C@H](C)C([C@@H](CC(=O)N1CCC[C@H]1[C@H](OC)[C@@H](C)C(=O)N[C@@H](Cc1ccccc1)C(=O)OC)OC)N(C)C(=O)[C@@H](NC(=O)C(C(C)C)N(C)CCCN)C(C)C. The zero-order valence-corrected chi connectivity index (χ0v) is 36.8. The van der Waals surface area contributed by atoms with Gasteiger partial charge in [0.05, 0.1) is 49.8 Å². The number of carbonyl (C=O) groups excluding carboxylic acids is 5. The highest BCUT2D eigenvalue weighted by Crippen LogP contribution is 2.30. The number of ether oxygens (including phenoxy) is 3. The fraction of sp³-hybridized carbons (Fsp3) is 0.744. The number of likely N-dealkylation sites (N-methyl/N-ethyl adjacent to an activating group) is 2. The van der Waals surface area contributed by atoms with Crippen LogP contribution in [0.25, 0.3) is 0 Å². The summed E-state index contributed by atoms with van der Waals surface area (Å²) in [6.07, 6.45) is 1.78. The average molecular weight is 803 g/mol. The Labute approximate surface area is 342 Å². The minimum absolute atomic E-state index is 0.00179. The van der Waals surface area contributed by atoms with Gasteiger partial charge in [0.25, 0.3) is 0 Å². The van der Waals surface area contributed by atoms with E-state index in [-0.39, 0.29) is 54.2 Å². The summed E-state index contributed by atoms with van der Waals surface area (Å²) in [6.45, 7) is 15.3. The van der Waals surface area contributed by atoms with E-state index in [4.69, 9.17) is 19.9 Å². The third-order valence-corrected chi connectivity index (χ3v) is 11.7. The maximum absolute atomic E-state index is 14.4. The average Bonchev–Trinajstić information content (AvgIpc) is 3.67. The topological polar surface area (TPSA) is 173 Å². The zero-order chi connectivity index (χ0) is 43.0. The predicted octanol–water partition coefficient (Wildman–Crippen LogP) is 3.25. The van der Waals surface area contributed by atoms with Crippen molar-refractivity contribution in [2.75, 3.05) is 55.1 Å². The first-order valence-electron chi connectivity index (χ1n) is 20.7. The van der Waals surface area contributed by atoms with Crippen LogP contribution >= 0.6 is 0 Å². The molecule has 57 heavy (non-hydrogen) atoms. The Hall–Kier alpha value is -3.59. The van der Waals surface area contributed by atoms with Crippen molar-refractivity contribution in [3.63, 3.8) is 0 Å². The van der Waals surface area contributed by atoms with Crippen molar-refractivity contribution in [3.05, 3.63) is 35.9 Å². The van der Waals surface area contributed by atoms with Gasteiger partial charge in [0.2, 0.25) is 23.6 Å². The second-order valence-electron chi connectivity index (χ2n) is 16.4. The van der Waals surface area contributed by atoms with Gasteiger partial charge in [0, 0.05) is 34.2 Å². The maximum Gasteiger partial charge on any atom is 0.328 e. The molecule has 1 aromatic carbocycles. The van der Waals surface area contributed by atoms with Gasteiger partial charge >= 0.3 is 5.97 Å². The molecule has 1 heterocycles. The second-order valence-corrected chi connectivity index (χ2v) is 16.4. The molecular weight excluding hydrogens is 729 g/mol. The Kier molecular flexibility index (Phi) is 21.2. The fourth-order valence-corrected chi connectivity index (χ4v) is 8.26. The van der Waals surface area contributed by atoms with Crippen LogP contribution in [0.15, 0.2) is 30.3 Å². The van der Waals surface area contributed by atoms with Gasteiger partial charge in [-0.15, -0.1) is 0 Å². The summed E-state index contributed by atoms with van der Waals surface area (Å²) in [5.41, 5.74) is 6.61. The highest BCUT2D eigenvalue weighted by atomic mass is 16.5. The fourth-order valence-electron chi connectivity index (χ4n) is 8.26. The number of benzene rings is 1. The number of carbonyl (C=O) groups is 5. The van der Waals surface area contributed by atoms with Gasteiger partial charge in [-0.3, -0.25) is 24.1 Å². The molecule has 0 radical (unpaired) electrons. The van der Waals surface area contributed by atoms with E-state index >= 15 is 0 Å². The Morgan fingerprint density at radius 3 is 2.09 bits per heavy atom. The van der Waals surface area contributed by atoms with Crippen molar-refractivity contribution in [1.82, 2.24) is 25.3 Å². The summed E-state index contributed by atoms with van der Waals surface area (Å²) < 4.78 is 17.0. The summed E-state index contributed by atoms with van der Waals surface area (Å²) >= 11 is 0. The van der Waals surface area contributed by atoms with Crippen molar-refractivity contribution < 1.29 is 38.2 Å². The van der Waals surface area contributed by atoms with Crippen LogP contribution in [0.1, 0.15) is 86.1 Å². The molecule has 0 bridgehead atoms. The van der Waals surface area contributed by atoms with Gasteiger partial charge < -0.3 is 40.4 Å². The molecule has 2 rings (SSSR count). The van der Waals surface area contributed by atoms with Gasteiger partial charge in [-0.25, -0.2) is 4.79 Å². The number of nitrogens with one attached hydrogen (secondary N) is 2. The number of amides is 4. The smallest absolute Gasteiger partial charge is 0.328 e. The van der Waals surface area contributed by atoms with E-state index in [2.05, 4.69) is 10.6 Å². The molecule has 2 unspecified atom stereocenters. The molecule has 0 spiro atoms. The van der Waals surface area contributed by atoms with E-state index in [0.717, 1.165) is 24.8 Å². The van der Waals surface area contributed by atoms with Crippen molar-refractivity contribution in [2.45, 2.75) is 129 Å². The molecule has 1 aromatic rings. The van der Waals surface area contributed by atoms with Gasteiger partial charge in [-0.2, -0.15) is 0 Å². The molecule has 1 saturated heterocycles. The molecule has 14 heteroatoms. The summed E-state index contributed by atoms with van der Waals surface area (Å²) in [4.78, 5) is 74.2. The summed E-state index contributed by atoms with van der Waals surface area (Å²) in [5, 5.41) is 5.94. The second kappa shape index (κ2) is 24.4. The third-order valence-electron chi connectivity index (χ3n) is 11.7. The quantitative estimate of drug-likeness (QED) is 0.132. The standard InChI is InChI=1S/C43H74N6O8/c1-13-29(6)38(48(9)42(53)36(27(2)3)46-41(52)37(28(4)5)47(8)23-18-22-44)34(55-10)26-35(50)49-24-17-21-33(49)39(56-11)30(7)40(51)45-32(43(54)57-12)25-31-19-15-14-16-20-31/h14-16,19-20,27-30,32-34,36-39H,13,17-18,21-26,44H2,1-12H3,(H,45,51)(H,46,52)/t29-,30+,32-,33-,34+,36-,37?,38?,39+/m0/s1. The van der Waals surface area contributed by atoms with Crippen molar-refractivity contribution in [3.8, 4) is 0 Å². The number of rotatable bonds is 24. The van der Waals surface area contributed by atoms with Gasteiger partial charge in [-0.05, 0) is 62.7 Å². The van der Waals surface area contributed by atoms with Crippen molar-refractivity contribution in [2.24, 2.45) is 29.4 Å². The largest absolute Gasteiger partial charge is 0.467 e. The van der Waals surface area contributed by atoms with E-state index in [1.165, 1.54) is 14.2 Å². The molecule has 14 nitrogen and oxygen atoms in total. The minimum Gasteiger partial charge on any atom is -0.467 e. The van der Waals surface area contributed by atoms with Crippen LogP contribution in [0.4, 0.5) is 0 Å². The lowest BCUT2D eigenvalue weighted by Gasteiger charge is -2.41. The lowest BCUT2D eigenvalue weighted by Crippen LogP contribution is -2.60. The Balaban J connectivity index is 2.29. The first-order valence-corrected chi connectivity index (χ1v) is 20.7. The Morgan fingerprint density at radius 2 is 1.56 bits per heavy atom. The van der Waals surface area contributed by atoms with Crippen LogP contribution in [-0.4, -0.2) is 142 Å². The number of nitrogens with zero attached hydrogens (tertiary/aromatic N) is 3. The Morgan fingerprint density at radius 1 is 0.912 bits per heavy atom. The molecule has 9 atom stereocenters. The molecule has 0 aromatic heterocycles. The molecule has 0 aliphatic carbocycles. The minimum atomic E-state index is -0.895. The third kappa shape index (κ3) is 13.8. The van der Waals surface area contributed by atoms with Crippen LogP contribution in [0.5, 0.6) is 0 Å². The maximum atomic E-state index is 14.4. The molecular formula is C43H74N6O8. The molecule has 1 aliphatic heterocycles. The molecule has 4 amide bonds. The van der Waals surface area contributed by atoms with Gasteiger partial charge in [0.15, 0.2) is 0 Å². The highest BCUT2D eigenvalue weighted by molar-refractivity contribution is 5.90. The van der Waals surface area contributed by atoms with Crippen LogP contribution in [0.3, 0.4) is 0 Å².